The molecule has 0 spiro atoms. The fourth-order valence-electron chi connectivity index (χ4n) is 1.57. The number of benzene rings is 1. The molecule has 5 nitrogen and oxygen atoms in total. The minimum Gasteiger partial charge on any atom is -0.452 e. The van der Waals surface area contributed by atoms with E-state index in [1.807, 2.05) is 0 Å². The van der Waals surface area contributed by atoms with Gasteiger partial charge in [0.25, 0.3) is 5.91 Å². The van der Waals surface area contributed by atoms with E-state index in [-0.39, 0.29) is 16.4 Å². The normalized spacial score (nSPS) is 10.1. The van der Waals surface area contributed by atoms with Crippen molar-refractivity contribution in [1.29, 1.82) is 0 Å². The predicted octanol–water partition coefficient (Wildman–Crippen LogP) is 2.81. The van der Waals surface area contributed by atoms with Crippen molar-refractivity contribution < 1.29 is 23.1 Å². The van der Waals surface area contributed by atoms with Crippen molar-refractivity contribution in [3.63, 3.8) is 0 Å². The lowest BCUT2D eigenvalue weighted by Gasteiger charge is -2.07. The second kappa shape index (κ2) is 6.95. The highest BCUT2D eigenvalue weighted by atomic mass is 35.5. The number of aromatic nitrogens is 1. The van der Waals surface area contributed by atoms with Crippen molar-refractivity contribution in [2.24, 2.45) is 0 Å². The van der Waals surface area contributed by atoms with Crippen LogP contribution in [0.2, 0.25) is 5.15 Å². The zero-order chi connectivity index (χ0) is 16.1. The molecule has 0 radical (unpaired) electrons. The average Bonchev–Trinajstić information content (AvgIpc) is 2.43. The molecule has 1 N–H and O–H groups in total. The number of hydrogen-bond donors (Lipinski definition) is 1. The Balaban J connectivity index is 1.91. The molecule has 22 heavy (non-hydrogen) atoms. The van der Waals surface area contributed by atoms with Gasteiger partial charge in [0.05, 0.1) is 5.56 Å². The van der Waals surface area contributed by atoms with E-state index < -0.39 is 30.1 Å². The van der Waals surface area contributed by atoms with Crippen LogP contribution in [-0.4, -0.2) is 23.5 Å². The van der Waals surface area contributed by atoms with Crippen LogP contribution in [0.1, 0.15) is 10.4 Å². The van der Waals surface area contributed by atoms with Gasteiger partial charge in [0.15, 0.2) is 6.61 Å². The smallest absolute Gasteiger partial charge is 0.338 e. The molecule has 0 atom stereocenters. The monoisotopic (exact) mass is 326 g/mol. The van der Waals surface area contributed by atoms with Gasteiger partial charge in [-0.2, -0.15) is 0 Å². The van der Waals surface area contributed by atoms with Crippen molar-refractivity contribution in [2.45, 2.75) is 0 Å². The zero-order valence-electron chi connectivity index (χ0n) is 11.0. The first-order valence-corrected chi connectivity index (χ1v) is 6.36. The Morgan fingerprint density at radius 3 is 2.50 bits per heavy atom. The van der Waals surface area contributed by atoms with E-state index in [0.29, 0.717) is 6.07 Å². The van der Waals surface area contributed by atoms with Gasteiger partial charge in [0, 0.05) is 18.0 Å². The number of nitrogens with one attached hydrogen (secondary N) is 1. The number of carbonyl (C=O) groups excluding carboxylic acids is 2. The first kappa shape index (κ1) is 15.8. The maximum Gasteiger partial charge on any atom is 0.338 e. The standard InChI is InChI=1S/C14H9ClF2N2O3/c15-12-3-8(1-2-18-12)14(21)22-7-13(20)19-11-5-9(16)4-10(17)6-11/h1-6H,7H2,(H,19,20). The molecule has 114 valence electrons. The predicted molar refractivity (Wildman–Crippen MR) is 74.5 cm³/mol. The number of pyridine rings is 1. The van der Waals surface area contributed by atoms with Crippen LogP contribution in [0.4, 0.5) is 14.5 Å². The molecule has 2 aromatic rings. The minimum absolute atomic E-state index is 0.0782. The van der Waals surface area contributed by atoms with Crippen molar-refractivity contribution in [1.82, 2.24) is 4.98 Å². The van der Waals surface area contributed by atoms with Crippen LogP contribution in [0.5, 0.6) is 0 Å². The zero-order valence-corrected chi connectivity index (χ0v) is 11.7. The lowest BCUT2D eigenvalue weighted by atomic mass is 10.3. The third-order valence-corrected chi connectivity index (χ3v) is 2.65. The molecule has 0 aliphatic carbocycles. The number of amides is 1. The molecule has 0 unspecified atom stereocenters. The van der Waals surface area contributed by atoms with E-state index in [1.165, 1.54) is 18.3 Å². The second-order valence-electron chi connectivity index (χ2n) is 4.15. The fraction of sp³-hybridized carbons (Fsp3) is 0.0714. The van der Waals surface area contributed by atoms with Crippen molar-refractivity contribution in [3.8, 4) is 0 Å². The lowest BCUT2D eigenvalue weighted by molar-refractivity contribution is -0.119. The Bertz CT molecular complexity index is 705. The third kappa shape index (κ3) is 4.49. The van der Waals surface area contributed by atoms with E-state index in [9.17, 15) is 18.4 Å². The van der Waals surface area contributed by atoms with E-state index in [0.717, 1.165) is 12.1 Å². The topological polar surface area (TPSA) is 68.3 Å². The molecular formula is C14H9ClF2N2O3. The van der Waals surface area contributed by atoms with Gasteiger partial charge in [-0.3, -0.25) is 4.79 Å². The van der Waals surface area contributed by atoms with Crippen molar-refractivity contribution in [2.75, 3.05) is 11.9 Å². The molecule has 0 fully saturated rings. The molecule has 0 aliphatic rings. The van der Waals surface area contributed by atoms with Gasteiger partial charge in [-0.15, -0.1) is 0 Å². The second-order valence-corrected chi connectivity index (χ2v) is 4.54. The summed E-state index contributed by atoms with van der Waals surface area (Å²) in [7, 11) is 0. The number of rotatable bonds is 4. The summed E-state index contributed by atoms with van der Waals surface area (Å²) in [5.74, 6) is -3.18. The minimum atomic E-state index is -0.835. The summed E-state index contributed by atoms with van der Waals surface area (Å²) in [6.07, 6.45) is 1.31. The van der Waals surface area contributed by atoms with Gasteiger partial charge >= 0.3 is 5.97 Å². The Hall–Kier alpha value is -2.54. The van der Waals surface area contributed by atoms with Crippen LogP contribution >= 0.6 is 11.6 Å². The van der Waals surface area contributed by atoms with Gasteiger partial charge < -0.3 is 10.1 Å². The molecule has 0 aliphatic heterocycles. The molecular weight excluding hydrogens is 318 g/mol. The quantitative estimate of drug-likeness (QED) is 0.693. The SMILES string of the molecule is O=C(COC(=O)c1ccnc(Cl)c1)Nc1cc(F)cc(F)c1. The largest absolute Gasteiger partial charge is 0.452 e. The van der Waals surface area contributed by atoms with E-state index in [4.69, 9.17) is 16.3 Å². The fourth-order valence-corrected chi connectivity index (χ4v) is 1.74. The number of esters is 1. The number of ether oxygens (including phenoxy) is 1. The number of nitrogens with zero attached hydrogens (tertiary/aromatic N) is 1. The summed E-state index contributed by atoms with van der Waals surface area (Å²) < 4.78 is 30.7. The molecule has 0 saturated heterocycles. The molecule has 1 aromatic carbocycles. The first-order chi connectivity index (χ1) is 10.4. The highest BCUT2D eigenvalue weighted by Gasteiger charge is 2.11. The van der Waals surface area contributed by atoms with Gasteiger partial charge in [-0.25, -0.2) is 18.6 Å². The molecule has 0 saturated carbocycles. The van der Waals surface area contributed by atoms with Gasteiger partial charge in [-0.05, 0) is 24.3 Å². The summed E-state index contributed by atoms with van der Waals surface area (Å²) in [6, 6.07) is 5.19. The highest BCUT2D eigenvalue weighted by molar-refractivity contribution is 6.29. The Labute approximate surface area is 128 Å². The van der Waals surface area contributed by atoms with Gasteiger partial charge in [0.1, 0.15) is 16.8 Å². The maximum atomic E-state index is 13.0. The number of halogens is 3. The lowest BCUT2D eigenvalue weighted by Crippen LogP contribution is -2.21. The molecule has 2 rings (SSSR count). The number of hydrogen-bond acceptors (Lipinski definition) is 4. The van der Waals surface area contributed by atoms with Crippen LogP contribution in [-0.2, 0) is 9.53 Å². The van der Waals surface area contributed by atoms with E-state index in [2.05, 4.69) is 10.3 Å². The maximum absolute atomic E-state index is 13.0. The van der Waals surface area contributed by atoms with E-state index >= 15 is 0 Å². The Morgan fingerprint density at radius 1 is 1.18 bits per heavy atom. The van der Waals surface area contributed by atoms with Crippen LogP contribution in [0.25, 0.3) is 0 Å². The van der Waals surface area contributed by atoms with Crippen LogP contribution in [0, 0.1) is 11.6 Å². The summed E-state index contributed by atoms with van der Waals surface area (Å²) in [6.45, 7) is -0.614. The first-order valence-electron chi connectivity index (χ1n) is 5.98. The summed E-state index contributed by atoms with van der Waals surface area (Å²) in [4.78, 5) is 26.9. The average molecular weight is 327 g/mol. The van der Waals surface area contributed by atoms with Gasteiger partial charge in [0.2, 0.25) is 0 Å². The summed E-state index contributed by atoms with van der Waals surface area (Å²) in [5, 5.41) is 2.31. The molecule has 1 heterocycles. The molecule has 0 bridgehead atoms. The van der Waals surface area contributed by atoms with Crippen molar-refractivity contribution in [3.05, 3.63) is 58.9 Å². The van der Waals surface area contributed by atoms with Crippen LogP contribution in [0.3, 0.4) is 0 Å². The third-order valence-electron chi connectivity index (χ3n) is 2.44. The number of carbonyl (C=O) groups is 2. The van der Waals surface area contributed by atoms with Gasteiger partial charge in [-0.1, -0.05) is 11.6 Å². The Kier molecular flexibility index (Phi) is 5.00. The summed E-state index contributed by atoms with van der Waals surface area (Å²) in [5.41, 5.74) is 0.0510. The summed E-state index contributed by atoms with van der Waals surface area (Å²) >= 11 is 5.62. The number of anilines is 1. The van der Waals surface area contributed by atoms with Crippen LogP contribution in [0.15, 0.2) is 36.5 Å². The molecule has 1 amide bonds. The van der Waals surface area contributed by atoms with Crippen LogP contribution < -0.4 is 5.32 Å². The van der Waals surface area contributed by atoms with E-state index in [1.54, 1.807) is 0 Å². The Morgan fingerprint density at radius 2 is 1.86 bits per heavy atom. The highest BCUT2D eigenvalue weighted by Crippen LogP contribution is 2.13. The molecule has 1 aromatic heterocycles. The van der Waals surface area contributed by atoms with Crippen molar-refractivity contribution >= 4 is 29.2 Å². The molecule has 8 heteroatoms.